The lowest BCUT2D eigenvalue weighted by Gasteiger charge is -1.97. The van der Waals surface area contributed by atoms with E-state index in [-0.39, 0.29) is 0 Å². The van der Waals surface area contributed by atoms with Crippen LogP contribution in [0.1, 0.15) is 11.1 Å². The van der Waals surface area contributed by atoms with E-state index in [0.29, 0.717) is 0 Å². The highest BCUT2D eigenvalue weighted by Crippen LogP contribution is 2.01. The Hall–Kier alpha value is -0.420. The molecule has 0 aliphatic rings. The van der Waals surface area contributed by atoms with E-state index in [1.165, 1.54) is 11.1 Å². The Morgan fingerprint density at radius 1 is 1.33 bits per heavy atom. The van der Waals surface area contributed by atoms with Crippen LogP contribution in [0.3, 0.4) is 0 Å². The van der Waals surface area contributed by atoms with Crippen molar-refractivity contribution in [3.63, 3.8) is 0 Å². The molecule has 1 heterocycles. The SMILES string of the molecule is Cc1cnc(P)cc1C. The molecule has 1 nitrogen and oxygen atoms in total. The van der Waals surface area contributed by atoms with E-state index in [0.717, 1.165) is 5.44 Å². The first kappa shape index (κ1) is 6.70. The van der Waals surface area contributed by atoms with Crippen molar-refractivity contribution in [1.82, 2.24) is 4.98 Å². The van der Waals surface area contributed by atoms with Gasteiger partial charge in [0.2, 0.25) is 0 Å². The van der Waals surface area contributed by atoms with Crippen molar-refractivity contribution in [3.05, 3.63) is 23.4 Å². The number of aryl methyl sites for hydroxylation is 2. The average molecular weight is 139 g/mol. The highest BCUT2D eigenvalue weighted by atomic mass is 31.0. The van der Waals surface area contributed by atoms with Crippen molar-refractivity contribution in [2.24, 2.45) is 0 Å². The van der Waals surface area contributed by atoms with Crippen molar-refractivity contribution < 1.29 is 0 Å². The van der Waals surface area contributed by atoms with Gasteiger partial charge in [0.05, 0.1) is 5.44 Å². The van der Waals surface area contributed by atoms with E-state index >= 15 is 0 Å². The summed E-state index contributed by atoms with van der Waals surface area (Å²) in [5.74, 6) is 0. The minimum absolute atomic E-state index is 1.01. The summed E-state index contributed by atoms with van der Waals surface area (Å²) < 4.78 is 0. The predicted molar refractivity (Wildman–Crippen MR) is 43.1 cm³/mol. The number of nitrogens with zero attached hydrogens (tertiary/aromatic N) is 1. The molecule has 1 rings (SSSR count). The van der Waals surface area contributed by atoms with E-state index in [4.69, 9.17) is 0 Å². The van der Waals surface area contributed by atoms with Gasteiger partial charge in [-0.3, -0.25) is 4.98 Å². The van der Waals surface area contributed by atoms with Crippen LogP contribution < -0.4 is 5.44 Å². The second-order valence-corrected chi connectivity index (χ2v) is 2.78. The second kappa shape index (κ2) is 2.45. The molecule has 0 N–H and O–H groups in total. The maximum absolute atomic E-state index is 4.10. The molecule has 48 valence electrons. The quantitative estimate of drug-likeness (QED) is 0.492. The Morgan fingerprint density at radius 2 is 2.00 bits per heavy atom. The molecule has 9 heavy (non-hydrogen) atoms. The summed E-state index contributed by atoms with van der Waals surface area (Å²) in [6, 6.07) is 2.06. The number of hydrogen-bond acceptors (Lipinski definition) is 1. The number of rotatable bonds is 0. The van der Waals surface area contributed by atoms with Gasteiger partial charge in [-0.1, -0.05) is 9.24 Å². The van der Waals surface area contributed by atoms with Crippen LogP contribution in [0.5, 0.6) is 0 Å². The third-order valence-electron chi connectivity index (χ3n) is 1.39. The molecule has 2 heteroatoms. The summed E-state index contributed by atoms with van der Waals surface area (Å²) in [5.41, 5.74) is 3.56. The molecule has 0 radical (unpaired) electrons. The minimum atomic E-state index is 1.01. The predicted octanol–water partition coefficient (Wildman–Crippen LogP) is 1.20. The van der Waals surface area contributed by atoms with Crippen molar-refractivity contribution in [2.75, 3.05) is 0 Å². The Labute approximate surface area is 57.7 Å². The molecule has 0 aromatic carbocycles. The first-order valence-electron chi connectivity index (χ1n) is 2.89. The molecule has 0 saturated carbocycles. The lowest BCUT2D eigenvalue weighted by atomic mass is 10.2. The van der Waals surface area contributed by atoms with Gasteiger partial charge in [0.25, 0.3) is 0 Å². The van der Waals surface area contributed by atoms with E-state index in [1.54, 1.807) is 0 Å². The number of pyridine rings is 1. The standard InChI is InChI=1S/C7H10NP/c1-5-3-7(9)8-4-6(5)2/h3-4H,9H2,1-2H3. The highest BCUT2D eigenvalue weighted by Gasteiger charge is 1.90. The average Bonchev–Trinajstić information content (AvgIpc) is 1.80. The zero-order valence-electron chi connectivity index (χ0n) is 5.68. The maximum atomic E-state index is 4.10. The van der Waals surface area contributed by atoms with Gasteiger partial charge in [0.15, 0.2) is 0 Å². The molecule has 1 aromatic heterocycles. The summed E-state index contributed by atoms with van der Waals surface area (Å²) in [7, 11) is 2.57. The van der Waals surface area contributed by atoms with E-state index in [1.807, 2.05) is 6.20 Å². The number of aromatic nitrogens is 1. The molecule has 0 aliphatic carbocycles. The van der Waals surface area contributed by atoms with Crippen molar-refractivity contribution >= 4 is 14.7 Å². The maximum Gasteiger partial charge on any atom is 0.0571 e. The molecular weight excluding hydrogens is 129 g/mol. The third-order valence-corrected chi connectivity index (χ3v) is 1.71. The molecular formula is C7H10NP. The summed E-state index contributed by atoms with van der Waals surface area (Å²) >= 11 is 0. The monoisotopic (exact) mass is 139 g/mol. The second-order valence-electron chi connectivity index (χ2n) is 2.19. The van der Waals surface area contributed by atoms with Crippen molar-refractivity contribution in [2.45, 2.75) is 13.8 Å². The van der Waals surface area contributed by atoms with Crippen molar-refractivity contribution in [1.29, 1.82) is 0 Å². The number of hydrogen-bond donors (Lipinski definition) is 0. The molecule has 0 amide bonds. The first-order valence-corrected chi connectivity index (χ1v) is 3.46. The molecule has 0 saturated heterocycles. The van der Waals surface area contributed by atoms with Crippen LogP contribution in [-0.2, 0) is 0 Å². The van der Waals surface area contributed by atoms with Crippen LogP contribution >= 0.6 is 9.24 Å². The van der Waals surface area contributed by atoms with Crippen LogP contribution in [0.2, 0.25) is 0 Å². The van der Waals surface area contributed by atoms with Crippen LogP contribution in [-0.4, -0.2) is 4.98 Å². The molecule has 1 atom stereocenters. The third kappa shape index (κ3) is 1.49. The summed E-state index contributed by atoms with van der Waals surface area (Å²) in [5, 5.41) is 0. The lowest BCUT2D eigenvalue weighted by Crippen LogP contribution is -1.98. The van der Waals surface area contributed by atoms with E-state index in [9.17, 15) is 0 Å². The Kier molecular flexibility index (Phi) is 1.82. The highest BCUT2D eigenvalue weighted by molar-refractivity contribution is 7.26. The Bertz CT molecular complexity index is 220. The van der Waals surface area contributed by atoms with Gasteiger partial charge in [-0.05, 0) is 31.0 Å². The van der Waals surface area contributed by atoms with Gasteiger partial charge < -0.3 is 0 Å². The minimum Gasteiger partial charge on any atom is -0.257 e. The fraction of sp³-hybridized carbons (Fsp3) is 0.286. The van der Waals surface area contributed by atoms with Crippen LogP contribution in [0.25, 0.3) is 0 Å². The molecule has 1 unspecified atom stereocenters. The largest absolute Gasteiger partial charge is 0.257 e. The van der Waals surface area contributed by atoms with Crippen LogP contribution in [0.4, 0.5) is 0 Å². The summed E-state index contributed by atoms with van der Waals surface area (Å²) in [6.07, 6.45) is 1.89. The topological polar surface area (TPSA) is 12.9 Å². The van der Waals surface area contributed by atoms with Gasteiger partial charge in [0.1, 0.15) is 0 Å². The van der Waals surface area contributed by atoms with Gasteiger partial charge >= 0.3 is 0 Å². The van der Waals surface area contributed by atoms with Gasteiger partial charge in [0, 0.05) is 6.20 Å². The lowest BCUT2D eigenvalue weighted by molar-refractivity contribution is 1.25. The Balaban J connectivity index is 3.17. The molecule has 1 aromatic rings. The zero-order chi connectivity index (χ0) is 6.85. The van der Waals surface area contributed by atoms with Gasteiger partial charge in [-0.25, -0.2) is 0 Å². The summed E-state index contributed by atoms with van der Waals surface area (Å²) in [6.45, 7) is 4.15. The van der Waals surface area contributed by atoms with Gasteiger partial charge in [-0.2, -0.15) is 0 Å². The Morgan fingerprint density at radius 3 is 2.44 bits per heavy atom. The van der Waals surface area contributed by atoms with Gasteiger partial charge in [-0.15, -0.1) is 0 Å². The molecule has 0 fully saturated rings. The normalized spacial score (nSPS) is 9.67. The van der Waals surface area contributed by atoms with Crippen molar-refractivity contribution in [3.8, 4) is 0 Å². The fourth-order valence-electron chi connectivity index (χ4n) is 0.646. The smallest absolute Gasteiger partial charge is 0.0571 e. The summed E-state index contributed by atoms with van der Waals surface area (Å²) in [4.78, 5) is 4.10. The van der Waals surface area contributed by atoms with E-state index in [2.05, 4.69) is 34.1 Å². The first-order chi connectivity index (χ1) is 4.20. The zero-order valence-corrected chi connectivity index (χ0v) is 6.83. The van der Waals surface area contributed by atoms with Crippen LogP contribution in [0, 0.1) is 13.8 Å². The van der Waals surface area contributed by atoms with Crippen LogP contribution in [0.15, 0.2) is 12.3 Å². The fourth-order valence-corrected chi connectivity index (χ4v) is 0.971. The molecule has 0 spiro atoms. The molecule has 0 bridgehead atoms. The van der Waals surface area contributed by atoms with E-state index < -0.39 is 0 Å². The molecule has 0 aliphatic heterocycles.